The second-order valence-electron chi connectivity index (χ2n) is 5.29. The van der Waals surface area contributed by atoms with Gasteiger partial charge in [0, 0.05) is 17.1 Å². The topological polar surface area (TPSA) is 58.4 Å². The number of hydrogen-bond acceptors (Lipinski definition) is 3. The van der Waals surface area contributed by atoms with Crippen LogP contribution in [0.2, 0.25) is 5.02 Å². The summed E-state index contributed by atoms with van der Waals surface area (Å²) in [6.07, 6.45) is 1.06. The molecule has 1 saturated heterocycles. The summed E-state index contributed by atoms with van der Waals surface area (Å²) in [5, 5.41) is 3.38. The summed E-state index contributed by atoms with van der Waals surface area (Å²) in [7, 11) is 0. The molecule has 1 amide bonds. The first kappa shape index (κ1) is 18.7. The molecule has 2 rings (SSSR count). The van der Waals surface area contributed by atoms with Gasteiger partial charge in [0.2, 0.25) is 5.91 Å². The second-order valence-corrected chi connectivity index (χ2v) is 6.61. The molecule has 0 aliphatic carbocycles. The second kappa shape index (κ2) is 8.34. The van der Waals surface area contributed by atoms with Crippen molar-refractivity contribution in [2.45, 2.75) is 19.4 Å². The summed E-state index contributed by atoms with van der Waals surface area (Å²) in [5.74, 6) is 0.452. The van der Waals surface area contributed by atoms with Crippen LogP contribution in [-0.4, -0.2) is 36.5 Å². The standard InChI is InChI=1S/C14H19BrClN3O.ClH/c1-9-4-10(6-17)7-19(9)8-14(20)18-13-3-2-11(15)5-12(13)16;/h2-3,5,9-10H,4,6-8,17H2,1H3,(H,18,20);1H. The summed E-state index contributed by atoms with van der Waals surface area (Å²) < 4.78 is 0.888. The molecular formula is C14H20BrCl2N3O. The molecule has 0 spiro atoms. The Balaban J connectivity index is 0.00000220. The first-order valence-corrected chi connectivity index (χ1v) is 7.85. The van der Waals surface area contributed by atoms with Gasteiger partial charge in [-0.05, 0) is 44.0 Å². The molecule has 1 aromatic rings. The van der Waals surface area contributed by atoms with Crippen molar-refractivity contribution in [3.63, 3.8) is 0 Å². The molecule has 2 unspecified atom stereocenters. The van der Waals surface area contributed by atoms with E-state index in [2.05, 4.69) is 33.1 Å². The lowest BCUT2D eigenvalue weighted by molar-refractivity contribution is -0.117. The van der Waals surface area contributed by atoms with Crippen molar-refractivity contribution in [2.24, 2.45) is 11.7 Å². The summed E-state index contributed by atoms with van der Waals surface area (Å²) in [5.41, 5.74) is 6.34. The summed E-state index contributed by atoms with van der Waals surface area (Å²) in [6.45, 7) is 4.08. The number of hydrogen-bond donors (Lipinski definition) is 2. The van der Waals surface area contributed by atoms with Crippen LogP contribution in [-0.2, 0) is 4.79 Å². The highest BCUT2D eigenvalue weighted by molar-refractivity contribution is 9.10. The Kier molecular flexibility index (Phi) is 7.44. The zero-order valence-corrected chi connectivity index (χ0v) is 15.0. The Hall–Kier alpha value is -0.330. The molecule has 0 saturated carbocycles. The van der Waals surface area contributed by atoms with E-state index in [9.17, 15) is 4.79 Å². The minimum Gasteiger partial charge on any atom is -0.330 e. The fourth-order valence-electron chi connectivity index (χ4n) is 2.57. The minimum absolute atomic E-state index is 0. The molecule has 21 heavy (non-hydrogen) atoms. The van der Waals surface area contributed by atoms with Gasteiger partial charge < -0.3 is 11.1 Å². The van der Waals surface area contributed by atoms with Crippen LogP contribution in [0.5, 0.6) is 0 Å². The lowest BCUT2D eigenvalue weighted by Gasteiger charge is -2.20. The Bertz CT molecular complexity index is 501. The molecule has 2 atom stereocenters. The molecule has 1 aliphatic heterocycles. The number of nitrogens with zero attached hydrogens (tertiary/aromatic N) is 1. The molecule has 1 aromatic carbocycles. The number of benzene rings is 1. The summed E-state index contributed by atoms with van der Waals surface area (Å²) >= 11 is 9.43. The predicted octanol–water partition coefficient (Wildman–Crippen LogP) is 3.13. The molecule has 7 heteroatoms. The SMILES string of the molecule is CC1CC(CN)CN1CC(=O)Nc1ccc(Br)cc1Cl.Cl. The molecule has 3 N–H and O–H groups in total. The number of carbonyl (C=O) groups excluding carboxylic acids is 1. The van der Waals surface area contributed by atoms with Gasteiger partial charge in [0.15, 0.2) is 0 Å². The van der Waals surface area contributed by atoms with Crippen molar-refractivity contribution < 1.29 is 4.79 Å². The zero-order chi connectivity index (χ0) is 14.7. The van der Waals surface area contributed by atoms with Gasteiger partial charge in [0.05, 0.1) is 17.3 Å². The van der Waals surface area contributed by atoms with E-state index in [0.717, 1.165) is 17.4 Å². The van der Waals surface area contributed by atoms with Crippen LogP contribution in [0.25, 0.3) is 0 Å². The average molecular weight is 397 g/mol. The smallest absolute Gasteiger partial charge is 0.238 e. The van der Waals surface area contributed by atoms with Gasteiger partial charge in [0.25, 0.3) is 0 Å². The third-order valence-electron chi connectivity index (χ3n) is 3.68. The molecule has 1 fully saturated rings. The average Bonchev–Trinajstić information content (AvgIpc) is 2.74. The van der Waals surface area contributed by atoms with E-state index in [-0.39, 0.29) is 18.3 Å². The van der Waals surface area contributed by atoms with Crippen molar-refractivity contribution in [2.75, 3.05) is 25.0 Å². The minimum atomic E-state index is -0.0428. The fraction of sp³-hybridized carbons (Fsp3) is 0.500. The van der Waals surface area contributed by atoms with Crippen LogP contribution < -0.4 is 11.1 Å². The molecule has 4 nitrogen and oxygen atoms in total. The summed E-state index contributed by atoms with van der Waals surface area (Å²) in [6, 6.07) is 5.81. The summed E-state index contributed by atoms with van der Waals surface area (Å²) in [4.78, 5) is 14.3. The maximum absolute atomic E-state index is 12.1. The maximum atomic E-state index is 12.1. The van der Waals surface area contributed by atoms with Crippen molar-refractivity contribution >= 4 is 51.5 Å². The highest BCUT2D eigenvalue weighted by Crippen LogP contribution is 2.26. The maximum Gasteiger partial charge on any atom is 0.238 e. The Morgan fingerprint density at radius 2 is 2.29 bits per heavy atom. The van der Waals surface area contributed by atoms with Gasteiger partial charge in [0.1, 0.15) is 0 Å². The Labute approximate surface area is 144 Å². The number of nitrogens with one attached hydrogen (secondary N) is 1. The van der Waals surface area contributed by atoms with Crippen LogP contribution in [0.4, 0.5) is 5.69 Å². The van der Waals surface area contributed by atoms with E-state index in [4.69, 9.17) is 17.3 Å². The van der Waals surface area contributed by atoms with Crippen LogP contribution >= 0.6 is 39.9 Å². The highest BCUT2D eigenvalue weighted by atomic mass is 79.9. The molecular weight excluding hydrogens is 377 g/mol. The van der Waals surface area contributed by atoms with Crippen molar-refractivity contribution in [1.82, 2.24) is 4.90 Å². The van der Waals surface area contributed by atoms with Crippen LogP contribution in [0.3, 0.4) is 0 Å². The quantitative estimate of drug-likeness (QED) is 0.821. The van der Waals surface area contributed by atoms with E-state index < -0.39 is 0 Å². The van der Waals surface area contributed by atoms with Gasteiger partial charge >= 0.3 is 0 Å². The Morgan fingerprint density at radius 1 is 1.57 bits per heavy atom. The van der Waals surface area contributed by atoms with Crippen molar-refractivity contribution in [3.05, 3.63) is 27.7 Å². The number of likely N-dealkylation sites (tertiary alicyclic amines) is 1. The normalized spacial score (nSPS) is 21.9. The Morgan fingerprint density at radius 3 is 2.86 bits per heavy atom. The van der Waals surface area contributed by atoms with E-state index >= 15 is 0 Å². The van der Waals surface area contributed by atoms with Crippen LogP contribution in [0, 0.1) is 5.92 Å². The van der Waals surface area contributed by atoms with E-state index in [0.29, 0.717) is 35.8 Å². The molecule has 0 aromatic heterocycles. The number of amides is 1. The van der Waals surface area contributed by atoms with Gasteiger partial charge in [-0.25, -0.2) is 0 Å². The molecule has 0 bridgehead atoms. The number of anilines is 1. The molecule has 1 heterocycles. The van der Waals surface area contributed by atoms with Gasteiger partial charge in [-0.1, -0.05) is 27.5 Å². The first-order valence-electron chi connectivity index (χ1n) is 6.68. The third kappa shape index (κ3) is 5.11. The van der Waals surface area contributed by atoms with Gasteiger partial charge in [-0.2, -0.15) is 0 Å². The fourth-order valence-corrected chi connectivity index (χ4v) is 3.29. The lowest BCUT2D eigenvalue weighted by Crippen LogP contribution is -2.36. The van der Waals surface area contributed by atoms with Gasteiger partial charge in [-0.3, -0.25) is 9.69 Å². The molecule has 0 radical (unpaired) electrons. The highest BCUT2D eigenvalue weighted by Gasteiger charge is 2.29. The van der Waals surface area contributed by atoms with Gasteiger partial charge in [-0.15, -0.1) is 12.4 Å². The first-order chi connectivity index (χ1) is 9.49. The van der Waals surface area contributed by atoms with Crippen LogP contribution in [0.1, 0.15) is 13.3 Å². The predicted molar refractivity (Wildman–Crippen MR) is 93.2 cm³/mol. The third-order valence-corrected chi connectivity index (χ3v) is 4.48. The van der Waals surface area contributed by atoms with E-state index in [1.807, 2.05) is 6.07 Å². The lowest BCUT2D eigenvalue weighted by atomic mass is 10.1. The van der Waals surface area contributed by atoms with E-state index in [1.165, 1.54) is 0 Å². The van der Waals surface area contributed by atoms with E-state index in [1.54, 1.807) is 12.1 Å². The molecule has 118 valence electrons. The molecule has 1 aliphatic rings. The monoisotopic (exact) mass is 395 g/mol. The van der Waals surface area contributed by atoms with Crippen molar-refractivity contribution in [3.8, 4) is 0 Å². The van der Waals surface area contributed by atoms with Crippen molar-refractivity contribution in [1.29, 1.82) is 0 Å². The van der Waals surface area contributed by atoms with Crippen LogP contribution in [0.15, 0.2) is 22.7 Å². The number of carbonyl (C=O) groups is 1. The number of halogens is 3. The number of nitrogens with two attached hydrogens (primary N) is 1. The largest absolute Gasteiger partial charge is 0.330 e. The zero-order valence-electron chi connectivity index (χ0n) is 11.8. The number of rotatable bonds is 4.